The molecule has 3 radical (unpaired) electrons. The molecule has 0 aliphatic rings. The van der Waals surface area contributed by atoms with E-state index in [1.807, 2.05) is 0 Å². The second-order valence-electron chi connectivity index (χ2n) is 2.61. The van der Waals surface area contributed by atoms with Gasteiger partial charge in [0.1, 0.15) is 0 Å². The van der Waals surface area contributed by atoms with Crippen molar-refractivity contribution >= 4 is 8.41 Å². The minimum atomic E-state index is 0. The molecule has 0 saturated heterocycles. The lowest BCUT2D eigenvalue weighted by molar-refractivity contribution is -0.868. The first-order valence-electron chi connectivity index (χ1n) is 2.36. The normalized spacial score (nSPS) is 9.00. The quantitative estimate of drug-likeness (QED) is 0.260. The number of nitrogens with zero attached hydrogens (tertiary/aromatic N) is 1. The summed E-state index contributed by atoms with van der Waals surface area (Å²) >= 11 is 0. The van der Waals surface area contributed by atoms with Gasteiger partial charge in [0.25, 0.3) is 0 Å². The first-order chi connectivity index (χ1) is 2.56. The molecule has 0 aromatic rings. The summed E-state index contributed by atoms with van der Waals surface area (Å²) in [5, 5.41) is 0. The van der Waals surface area contributed by atoms with Gasteiger partial charge in [0.15, 0.2) is 0 Å². The van der Waals surface area contributed by atoms with Crippen LogP contribution in [-0.2, 0) is 0 Å². The fraction of sp³-hybridized carbons (Fsp3) is 1.00. The maximum atomic E-state index is 2.18. The van der Waals surface area contributed by atoms with Gasteiger partial charge in [-0.3, -0.25) is 0 Å². The topological polar surface area (TPSA) is 0 Å². The second kappa shape index (κ2) is 5.10. The van der Waals surface area contributed by atoms with Gasteiger partial charge in [0.05, 0.1) is 27.7 Å². The van der Waals surface area contributed by atoms with Crippen LogP contribution in [0.2, 0.25) is 0 Å². The van der Waals surface area contributed by atoms with E-state index in [0.29, 0.717) is 0 Å². The zero-order valence-electron chi connectivity index (χ0n) is 6.11. The summed E-state index contributed by atoms with van der Waals surface area (Å²) in [5.41, 5.74) is 0. The fourth-order valence-electron chi connectivity index (χ4n) is 0. The number of rotatable bonds is 1. The fourth-order valence-corrected chi connectivity index (χ4v) is 0. The van der Waals surface area contributed by atoms with E-state index in [9.17, 15) is 0 Å². The van der Waals surface area contributed by atoms with Crippen molar-refractivity contribution in [3.63, 3.8) is 0 Å². The molecule has 0 bridgehead atoms. The van der Waals surface area contributed by atoms with Crippen molar-refractivity contribution in [3.8, 4) is 0 Å². The summed E-state index contributed by atoms with van der Waals surface area (Å²) in [6.45, 7) is 3.39. The Balaban J connectivity index is -0.000000125. The van der Waals surface area contributed by atoms with Crippen LogP contribution in [0.4, 0.5) is 0 Å². The minimum Gasteiger partial charge on any atom is -1.00 e. The molecule has 0 atom stereocenters. The zero-order valence-corrected chi connectivity index (χ0v) is 6.11. The molecule has 0 unspecified atom stereocenters. The van der Waals surface area contributed by atoms with Crippen LogP contribution < -0.4 is 4.70 Å². The highest BCUT2D eigenvalue weighted by Gasteiger charge is 1.97. The number of hydrogen-bond acceptors (Lipinski definition) is 0. The van der Waals surface area contributed by atoms with E-state index in [2.05, 4.69) is 28.1 Å². The van der Waals surface area contributed by atoms with Gasteiger partial charge in [0.2, 0.25) is 0 Å². The lowest BCUT2D eigenvalue weighted by atomic mass is 10.6. The Hall–Kier alpha value is -0.0451. The number of halogens is 1. The average Bonchev–Trinajstić information content (AvgIpc) is 1.35. The SMILES string of the molecule is CC[N+](C)(C)C.[B].[F-]. The summed E-state index contributed by atoms with van der Waals surface area (Å²) in [4.78, 5) is 0. The molecule has 1 nitrogen and oxygen atoms in total. The van der Waals surface area contributed by atoms with E-state index in [1.165, 1.54) is 6.54 Å². The summed E-state index contributed by atoms with van der Waals surface area (Å²) in [7, 11) is 6.54. The third-order valence-corrected chi connectivity index (χ3v) is 0.949. The third-order valence-electron chi connectivity index (χ3n) is 0.949. The summed E-state index contributed by atoms with van der Waals surface area (Å²) in [6.07, 6.45) is 0. The van der Waals surface area contributed by atoms with Gasteiger partial charge in [-0.25, -0.2) is 0 Å². The van der Waals surface area contributed by atoms with Crippen molar-refractivity contribution in [1.29, 1.82) is 0 Å². The summed E-state index contributed by atoms with van der Waals surface area (Å²) < 4.78 is 1.07. The molecule has 49 valence electrons. The van der Waals surface area contributed by atoms with Crippen LogP contribution in [-0.4, -0.2) is 40.6 Å². The lowest BCUT2D eigenvalue weighted by Crippen LogP contribution is -3.00. The van der Waals surface area contributed by atoms with E-state index in [0.717, 1.165) is 4.48 Å². The standard InChI is InChI=1S/C5H14N.B.FH/c1-5-6(2,3)4;;/h5H2,1-4H3;;1H/q+1;;/p-1. The minimum absolute atomic E-state index is 0. The van der Waals surface area contributed by atoms with Gasteiger partial charge < -0.3 is 9.19 Å². The van der Waals surface area contributed by atoms with Gasteiger partial charge in [-0.2, -0.15) is 0 Å². The molecule has 0 amide bonds. The van der Waals surface area contributed by atoms with Crippen LogP contribution in [0.15, 0.2) is 0 Å². The highest BCUT2D eigenvalue weighted by molar-refractivity contribution is 5.75. The number of hydrogen-bond donors (Lipinski definition) is 0. The highest BCUT2D eigenvalue weighted by atomic mass is 19.0. The Morgan fingerprint density at radius 3 is 1.25 bits per heavy atom. The van der Waals surface area contributed by atoms with E-state index in [-0.39, 0.29) is 13.1 Å². The molecule has 0 saturated carbocycles. The van der Waals surface area contributed by atoms with Crippen molar-refractivity contribution in [1.82, 2.24) is 0 Å². The summed E-state index contributed by atoms with van der Waals surface area (Å²) in [6, 6.07) is 0. The molecule has 8 heavy (non-hydrogen) atoms. The van der Waals surface area contributed by atoms with Crippen LogP contribution in [0.1, 0.15) is 6.92 Å². The lowest BCUT2D eigenvalue weighted by Gasteiger charge is -2.20. The highest BCUT2D eigenvalue weighted by Crippen LogP contribution is 1.83. The van der Waals surface area contributed by atoms with Crippen molar-refractivity contribution in [2.45, 2.75) is 6.92 Å². The van der Waals surface area contributed by atoms with Gasteiger partial charge in [-0.1, -0.05) is 0 Å². The molecular weight excluding hydrogens is 104 g/mol. The van der Waals surface area contributed by atoms with Crippen molar-refractivity contribution in [2.24, 2.45) is 0 Å². The van der Waals surface area contributed by atoms with Crippen molar-refractivity contribution in [2.75, 3.05) is 27.7 Å². The molecule has 0 aromatic heterocycles. The van der Waals surface area contributed by atoms with E-state index >= 15 is 0 Å². The van der Waals surface area contributed by atoms with Crippen LogP contribution in [0.25, 0.3) is 0 Å². The molecule has 0 aromatic carbocycles. The zero-order chi connectivity index (χ0) is 5.21. The molecule has 0 N–H and O–H groups in total. The summed E-state index contributed by atoms with van der Waals surface area (Å²) in [5.74, 6) is 0. The Morgan fingerprint density at radius 2 is 1.25 bits per heavy atom. The molecule has 0 aliphatic heterocycles. The molecule has 0 spiro atoms. The molecule has 0 aliphatic carbocycles. The monoisotopic (exact) mass is 118 g/mol. The van der Waals surface area contributed by atoms with Gasteiger partial charge in [-0.05, 0) is 6.92 Å². The Bertz CT molecular complexity index is 42.2. The molecule has 3 heteroatoms. The predicted molar refractivity (Wildman–Crippen MR) is 34.3 cm³/mol. The van der Waals surface area contributed by atoms with Crippen LogP contribution >= 0.6 is 0 Å². The molecular formula is C5H14BFN. The molecule has 0 rings (SSSR count). The molecule has 0 heterocycles. The second-order valence-corrected chi connectivity index (χ2v) is 2.61. The van der Waals surface area contributed by atoms with Gasteiger partial charge in [-0.15, -0.1) is 0 Å². The van der Waals surface area contributed by atoms with Crippen LogP contribution in [0.3, 0.4) is 0 Å². The first-order valence-corrected chi connectivity index (χ1v) is 2.36. The molecule has 0 fully saturated rings. The first kappa shape index (κ1) is 15.7. The van der Waals surface area contributed by atoms with Crippen LogP contribution in [0.5, 0.6) is 0 Å². The third kappa shape index (κ3) is 16.7. The van der Waals surface area contributed by atoms with E-state index in [4.69, 9.17) is 0 Å². The maximum Gasteiger partial charge on any atom is 0.0751 e. The maximum absolute atomic E-state index is 2.18. The predicted octanol–water partition coefficient (Wildman–Crippen LogP) is -2.66. The number of quaternary nitrogens is 1. The smallest absolute Gasteiger partial charge is 0.0751 e. The van der Waals surface area contributed by atoms with Gasteiger partial charge in [0, 0.05) is 8.41 Å². The largest absolute Gasteiger partial charge is 1.00 e. The van der Waals surface area contributed by atoms with Crippen LogP contribution in [0, 0.1) is 0 Å². The average molecular weight is 118 g/mol. The van der Waals surface area contributed by atoms with Crippen molar-refractivity contribution < 1.29 is 9.19 Å². The Morgan fingerprint density at radius 1 is 1.12 bits per heavy atom. The Labute approximate surface area is 53.2 Å². The van der Waals surface area contributed by atoms with E-state index in [1.54, 1.807) is 0 Å². The Kier molecular flexibility index (Phi) is 9.99. The van der Waals surface area contributed by atoms with E-state index < -0.39 is 0 Å². The van der Waals surface area contributed by atoms with Crippen molar-refractivity contribution in [3.05, 3.63) is 0 Å². The van der Waals surface area contributed by atoms with Gasteiger partial charge >= 0.3 is 0 Å².